The van der Waals surface area contributed by atoms with Crippen molar-refractivity contribution in [3.63, 3.8) is 0 Å². The van der Waals surface area contributed by atoms with Crippen LogP contribution in [-0.4, -0.2) is 88.0 Å². The predicted octanol–water partition coefficient (Wildman–Crippen LogP) is 9.38. The second-order valence-corrected chi connectivity index (χ2v) is 18.7. The molecule has 68 heavy (non-hydrogen) atoms. The zero-order valence-corrected chi connectivity index (χ0v) is 40.0. The number of imidazole rings is 1. The molecule has 1 aliphatic heterocycles. The molecule has 1 N–H and O–H groups in total. The molecular formula is C53H56N7O7P. The third-order valence-electron chi connectivity index (χ3n) is 11.7. The Morgan fingerprint density at radius 3 is 2.06 bits per heavy atom. The minimum atomic E-state index is -1.48. The summed E-state index contributed by atoms with van der Waals surface area (Å²) < 4.78 is 42.6. The van der Waals surface area contributed by atoms with Gasteiger partial charge < -0.3 is 33.5 Å². The molecule has 3 heterocycles. The Hall–Kier alpha value is -6.82. The highest BCUT2D eigenvalue weighted by Crippen LogP contribution is 2.57. The van der Waals surface area contributed by atoms with Crippen molar-refractivity contribution in [1.29, 1.82) is 5.26 Å². The summed E-state index contributed by atoms with van der Waals surface area (Å²) in [5.74, 6) is 6.38. The molecule has 0 radical (unpaired) electrons. The van der Waals surface area contributed by atoms with Crippen LogP contribution in [0.1, 0.15) is 73.8 Å². The van der Waals surface area contributed by atoms with E-state index in [0.29, 0.717) is 40.4 Å². The van der Waals surface area contributed by atoms with Crippen LogP contribution >= 0.6 is 8.30 Å². The number of carbonyl (C=O) groups excluding carboxylic acids is 1. The minimum Gasteiger partial charge on any atom is -0.497 e. The molecule has 6 aromatic rings. The number of carbonyl (C=O) groups is 1. The summed E-state index contributed by atoms with van der Waals surface area (Å²) in [5.41, 5.74) is 2.47. The fourth-order valence-corrected chi connectivity index (χ4v) is 11.3. The van der Waals surface area contributed by atoms with E-state index < -0.39 is 32.2 Å². The van der Waals surface area contributed by atoms with Crippen molar-refractivity contribution in [3.05, 3.63) is 138 Å². The number of fused-ring (bicyclic) bond motifs is 1. The smallest absolute Gasteiger partial charge is 0.256 e. The van der Waals surface area contributed by atoms with E-state index in [4.69, 9.17) is 46.0 Å². The number of benzene rings is 4. The number of aromatic nitrogens is 4. The van der Waals surface area contributed by atoms with E-state index in [9.17, 15) is 10.1 Å². The van der Waals surface area contributed by atoms with E-state index in [1.54, 1.807) is 44.8 Å². The van der Waals surface area contributed by atoms with E-state index >= 15 is 0 Å². The number of nitrogens with zero attached hydrogens (tertiary/aromatic N) is 6. The van der Waals surface area contributed by atoms with Crippen molar-refractivity contribution in [2.75, 3.05) is 39.4 Å². The summed E-state index contributed by atoms with van der Waals surface area (Å²) in [6.07, 6.45) is 13.6. The summed E-state index contributed by atoms with van der Waals surface area (Å²) in [6.45, 7) is 8.96. The number of hydrogen-bond donors (Lipinski definition) is 1. The number of anilines is 1. The van der Waals surface area contributed by atoms with Crippen molar-refractivity contribution in [3.8, 4) is 48.0 Å². The second-order valence-electron chi connectivity index (χ2n) is 16.7. The topological polar surface area (TPSA) is 155 Å². The Morgan fingerprint density at radius 2 is 1.49 bits per heavy atom. The molecule has 0 bridgehead atoms. The van der Waals surface area contributed by atoms with Crippen LogP contribution in [0.25, 0.3) is 11.2 Å². The van der Waals surface area contributed by atoms with Crippen LogP contribution in [-0.2, 0) is 19.6 Å². The number of ether oxygens (including phenoxy) is 5. The van der Waals surface area contributed by atoms with E-state index in [2.05, 4.69) is 77.7 Å². The van der Waals surface area contributed by atoms with Gasteiger partial charge >= 0.3 is 0 Å². The molecule has 2 aromatic heterocycles. The zero-order valence-electron chi connectivity index (χ0n) is 39.1. The van der Waals surface area contributed by atoms with Crippen molar-refractivity contribution >= 4 is 31.2 Å². The van der Waals surface area contributed by atoms with E-state index in [0.717, 1.165) is 16.7 Å². The van der Waals surface area contributed by atoms with Crippen molar-refractivity contribution in [1.82, 2.24) is 24.2 Å². The number of amides is 1. The highest BCUT2D eigenvalue weighted by Gasteiger charge is 2.48. The molecule has 15 heteroatoms. The first-order chi connectivity index (χ1) is 33.0. The molecule has 14 nitrogen and oxygen atoms in total. The number of hydrogen-bond acceptors (Lipinski definition) is 12. The Kier molecular flexibility index (Phi) is 16.4. The Bertz CT molecular complexity index is 2670. The first-order valence-electron chi connectivity index (χ1n) is 22.4. The van der Waals surface area contributed by atoms with Crippen LogP contribution in [0.4, 0.5) is 5.82 Å². The van der Waals surface area contributed by atoms with Crippen LogP contribution in [0.5, 0.6) is 17.2 Å². The molecule has 350 valence electrons. The van der Waals surface area contributed by atoms with Crippen LogP contribution in [0.15, 0.2) is 116 Å². The molecule has 0 saturated carbocycles. The third-order valence-corrected chi connectivity index (χ3v) is 14.6. The van der Waals surface area contributed by atoms with Gasteiger partial charge in [0.2, 0.25) is 0 Å². The standard InChI is InChI=1S/C53H56N7O7P/c1-9-14-38(31-54)32-66-68(60(36(3)4)37(5)6)47-30-48(59-35-57-49-50(55-34-56-51(49)59)58-52(61)39-17-23-45(24-18-39)64-29-10-2)67-46(47)33-65-53(40-15-12-11-13-16-40,41-19-25-43(62-7)26-20-41)42-21-27-44(63-8)28-22-42/h1-2,11-13,15-28,34-38,46-48H,14,29-30,32-33H2,3-8H3,(H,55,56,58,61)/t38?,46-,47?,48-,68?/m1/s1. The lowest BCUT2D eigenvalue weighted by Crippen LogP contribution is -2.41. The number of terminal acetylenes is 2. The normalized spacial score (nSPS) is 16.8. The third kappa shape index (κ3) is 10.8. The van der Waals surface area contributed by atoms with Crippen molar-refractivity contribution < 1.29 is 33.0 Å². The summed E-state index contributed by atoms with van der Waals surface area (Å²) in [5, 5.41) is 13.0. The number of nitriles is 1. The van der Waals surface area contributed by atoms with Crippen LogP contribution in [0, 0.1) is 41.9 Å². The minimum absolute atomic E-state index is 0.0663. The number of nitrogens with one attached hydrogen (secondary N) is 1. The van der Waals surface area contributed by atoms with Crippen LogP contribution in [0.3, 0.4) is 0 Å². The summed E-state index contributed by atoms with van der Waals surface area (Å²) in [6, 6.07) is 35.0. The van der Waals surface area contributed by atoms with Gasteiger partial charge in [0.1, 0.15) is 50.3 Å². The van der Waals surface area contributed by atoms with Gasteiger partial charge in [0, 0.05) is 30.5 Å². The maximum atomic E-state index is 13.5. The average Bonchev–Trinajstić information content (AvgIpc) is 4.00. The highest BCUT2D eigenvalue weighted by molar-refractivity contribution is 7.51. The van der Waals surface area contributed by atoms with Gasteiger partial charge in [-0.15, -0.1) is 18.8 Å². The number of rotatable bonds is 21. The maximum absolute atomic E-state index is 13.5. The first-order valence-corrected chi connectivity index (χ1v) is 23.7. The molecule has 0 aliphatic carbocycles. The van der Waals surface area contributed by atoms with E-state index in [-0.39, 0.29) is 55.7 Å². The van der Waals surface area contributed by atoms with Crippen molar-refractivity contribution in [2.24, 2.45) is 5.92 Å². The molecule has 1 aliphatic rings. The number of methoxy groups -OCH3 is 2. The van der Waals surface area contributed by atoms with E-state index in [1.165, 1.54) is 6.33 Å². The predicted molar refractivity (Wildman–Crippen MR) is 262 cm³/mol. The van der Waals surface area contributed by atoms with Gasteiger partial charge in [-0.3, -0.25) is 14.0 Å². The van der Waals surface area contributed by atoms with Gasteiger partial charge in [0.15, 0.2) is 17.0 Å². The molecule has 1 amide bonds. The molecule has 3 unspecified atom stereocenters. The Balaban J connectivity index is 1.30. The first kappa shape index (κ1) is 49.1. The highest BCUT2D eigenvalue weighted by atomic mass is 31.2. The monoisotopic (exact) mass is 933 g/mol. The van der Waals surface area contributed by atoms with Crippen LogP contribution in [0.2, 0.25) is 0 Å². The van der Waals surface area contributed by atoms with Gasteiger partial charge in [-0.05, 0) is 92.9 Å². The molecule has 0 spiro atoms. The molecule has 7 rings (SSSR count). The quantitative estimate of drug-likeness (QED) is 0.0415. The molecule has 1 saturated heterocycles. The largest absolute Gasteiger partial charge is 0.497 e. The Labute approximate surface area is 399 Å². The van der Waals surface area contributed by atoms with Gasteiger partial charge in [-0.2, -0.15) is 5.26 Å². The van der Waals surface area contributed by atoms with E-state index in [1.807, 2.05) is 71.3 Å². The average molecular weight is 934 g/mol. The summed E-state index contributed by atoms with van der Waals surface area (Å²) >= 11 is 0. The van der Waals surface area contributed by atoms with Gasteiger partial charge in [0.05, 0.1) is 57.5 Å². The molecular weight excluding hydrogens is 878 g/mol. The van der Waals surface area contributed by atoms with Crippen LogP contribution < -0.4 is 19.5 Å². The zero-order chi connectivity index (χ0) is 48.2. The van der Waals surface area contributed by atoms with Gasteiger partial charge in [-0.1, -0.05) is 60.5 Å². The van der Waals surface area contributed by atoms with Gasteiger partial charge in [-0.25, -0.2) is 15.0 Å². The lowest BCUT2D eigenvalue weighted by molar-refractivity contribution is -0.0755. The summed E-state index contributed by atoms with van der Waals surface area (Å²) in [7, 11) is 1.81. The summed E-state index contributed by atoms with van der Waals surface area (Å²) in [4.78, 5) is 27.3. The Morgan fingerprint density at radius 1 is 0.868 bits per heavy atom. The lowest BCUT2D eigenvalue weighted by atomic mass is 9.80. The fraction of sp³-hybridized carbons (Fsp3) is 0.340. The molecule has 4 aromatic carbocycles. The SMILES string of the molecule is C#CCOc1ccc(C(=O)Nc2ncnc3c2ncn3[C@H]2CC(P(OCC(C#N)CC#C)N(C(C)C)C(C)C)[C@@H](COC(c3ccccc3)(c3ccc(OC)cc3)c3ccc(OC)cc3)O2)cc1. The lowest BCUT2D eigenvalue weighted by Gasteiger charge is -2.42. The maximum Gasteiger partial charge on any atom is 0.256 e. The van der Waals surface area contributed by atoms with Crippen molar-refractivity contribution in [2.45, 2.75) is 76.2 Å². The molecule has 5 atom stereocenters. The fourth-order valence-electron chi connectivity index (χ4n) is 8.55. The second kappa shape index (κ2) is 22.8. The molecule has 1 fully saturated rings. The van der Waals surface area contributed by atoms with Gasteiger partial charge in [0.25, 0.3) is 5.91 Å².